The Balaban J connectivity index is 1.23. The molecule has 2 aromatic carbocycles. The van der Waals surface area contributed by atoms with Crippen LogP contribution in [0.4, 0.5) is 14.5 Å². The van der Waals surface area contributed by atoms with Crippen molar-refractivity contribution in [3.8, 4) is 0 Å². The van der Waals surface area contributed by atoms with E-state index in [0.29, 0.717) is 22.5 Å². The van der Waals surface area contributed by atoms with E-state index < -0.39 is 23.1 Å². The number of benzene rings is 2. The van der Waals surface area contributed by atoms with E-state index in [9.17, 15) is 23.2 Å². The lowest BCUT2D eigenvalue weighted by Crippen LogP contribution is -2.33. The van der Waals surface area contributed by atoms with Gasteiger partial charge < -0.3 is 15.6 Å². The Morgan fingerprint density at radius 2 is 1.97 bits per heavy atom. The molecule has 0 unspecified atom stereocenters. The number of carbonyl (C=O) groups is 2. The highest BCUT2D eigenvalue weighted by Crippen LogP contribution is 2.34. The second-order valence-electron chi connectivity index (χ2n) is 8.83. The minimum Gasteiger partial charge on any atom is -0.348 e. The van der Waals surface area contributed by atoms with Gasteiger partial charge in [-0.1, -0.05) is 30.4 Å². The first-order valence-corrected chi connectivity index (χ1v) is 11.9. The number of fused-ring (bicyclic) bond motifs is 1. The van der Waals surface area contributed by atoms with Crippen LogP contribution in [-0.4, -0.2) is 37.9 Å². The lowest BCUT2D eigenvalue weighted by molar-refractivity contribution is -0.110. The average Bonchev–Trinajstić information content (AvgIpc) is 3.46. The van der Waals surface area contributed by atoms with Gasteiger partial charge in [0.05, 0.1) is 30.5 Å². The summed E-state index contributed by atoms with van der Waals surface area (Å²) in [5.74, 6) is -2.85. The van der Waals surface area contributed by atoms with Crippen molar-refractivity contribution in [3.63, 3.8) is 0 Å². The van der Waals surface area contributed by atoms with E-state index in [0.717, 1.165) is 39.7 Å². The number of imidazole rings is 1. The van der Waals surface area contributed by atoms with Crippen LogP contribution in [-0.2, 0) is 11.3 Å². The number of amides is 2. The molecule has 3 N–H and O–H groups in total. The molecule has 1 aliphatic rings. The number of nitrogens with zero attached hydrogens (tertiary/aromatic N) is 3. The summed E-state index contributed by atoms with van der Waals surface area (Å²) in [4.78, 5) is 48.9. The number of hydrogen-bond acceptors (Lipinski definition) is 5. The summed E-state index contributed by atoms with van der Waals surface area (Å²) in [6.07, 6.45) is 9.17. The highest BCUT2D eigenvalue weighted by molar-refractivity contribution is 6.34. The van der Waals surface area contributed by atoms with Crippen LogP contribution in [0.3, 0.4) is 0 Å². The third-order valence-corrected chi connectivity index (χ3v) is 6.15. The Hall–Kier alpha value is -5.19. The van der Waals surface area contributed by atoms with E-state index in [1.54, 1.807) is 24.6 Å². The van der Waals surface area contributed by atoms with Gasteiger partial charge in [0.25, 0.3) is 17.4 Å². The van der Waals surface area contributed by atoms with E-state index in [-0.39, 0.29) is 24.6 Å². The van der Waals surface area contributed by atoms with Gasteiger partial charge in [-0.25, -0.2) is 18.7 Å². The second kappa shape index (κ2) is 10.7. The number of hydrogen-bond donors (Lipinski definition) is 3. The smallest absolute Gasteiger partial charge is 0.266 e. The normalized spacial score (nSPS) is 13.6. The molecule has 5 rings (SSSR count). The van der Waals surface area contributed by atoms with Crippen LogP contribution in [0.15, 0.2) is 66.1 Å². The summed E-state index contributed by atoms with van der Waals surface area (Å²) < 4.78 is 27.8. The number of halogens is 2. The maximum Gasteiger partial charge on any atom is 0.266 e. The third kappa shape index (κ3) is 5.42. The molecule has 0 atom stereocenters. The van der Waals surface area contributed by atoms with Crippen molar-refractivity contribution in [2.45, 2.75) is 13.5 Å². The lowest BCUT2D eigenvalue weighted by atomic mass is 10.0. The number of carbonyl (C=O) groups excluding carboxylic acids is 2. The van der Waals surface area contributed by atoms with Crippen molar-refractivity contribution in [2.75, 3.05) is 11.9 Å². The Labute approximate surface area is 220 Å². The van der Waals surface area contributed by atoms with Gasteiger partial charge in [0, 0.05) is 29.7 Å². The van der Waals surface area contributed by atoms with Crippen molar-refractivity contribution >= 4 is 35.2 Å². The number of aromatic nitrogens is 4. The Morgan fingerprint density at radius 1 is 1.13 bits per heavy atom. The van der Waals surface area contributed by atoms with Crippen LogP contribution < -0.4 is 16.2 Å². The Bertz CT molecular complexity index is 1720. The zero-order valence-corrected chi connectivity index (χ0v) is 20.7. The summed E-state index contributed by atoms with van der Waals surface area (Å²) in [5, 5.41) is 5.49. The Morgan fingerprint density at radius 3 is 2.74 bits per heavy atom. The minimum atomic E-state index is -1.03. The van der Waals surface area contributed by atoms with Crippen molar-refractivity contribution in [1.82, 2.24) is 24.8 Å². The molecule has 11 heteroatoms. The van der Waals surface area contributed by atoms with Crippen LogP contribution in [0.1, 0.15) is 38.4 Å². The number of anilines is 1. The largest absolute Gasteiger partial charge is 0.348 e. The lowest BCUT2D eigenvalue weighted by Gasteiger charge is -2.08. The molecule has 0 aliphatic carbocycles. The van der Waals surface area contributed by atoms with E-state index >= 15 is 0 Å². The van der Waals surface area contributed by atoms with E-state index in [1.165, 1.54) is 12.4 Å². The van der Waals surface area contributed by atoms with Gasteiger partial charge in [0.15, 0.2) is 11.6 Å². The molecule has 0 saturated heterocycles. The number of rotatable bonds is 7. The fourth-order valence-corrected chi connectivity index (χ4v) is 4.11. The summed E-state index contributed by atoms with van der Waals surface area (Å²) in [5.41, 5.74) is 3.87. The molecule has 4 aromatic rings. The first kappa shape index (κ1) is 25.5. The standard InChI is InChI=1S/C28H22F2N6O3/c1-16-24(34-14-33-16)11-20-19-6-4-17(10-25(19)35-27(20)38)3-2-8-32-26(37)21-12-31-15-36(28(21)39)13-18-5-7-22(29)23(30)9-18/h2-7,9-12,14-15H,8,13H2,1H3,(H,32,37)(H,33,34)(H,35,38). The molecule has 9 nitrogen and oxygen atoms in total. The molecule has 2 aromatic heterocycles. The molecule has 3 heterocycles. The molecule has 0 spiro atoms. The van der Waals surface area contributed by atoms with Gasteiger partial charge in [-0.2, -0.15) is 0 Å². The van der Waals surface area contributed by atoms with Crippen LogP contribution in [0.2, 0.25) is 0 Å². The Kier molecular flexibility index (Phi) is 6.96. The van der Waals surface area contributed by atoms with Gasteiger partial charge in [0.1, 0.15) is 5.56 Å². The first-order chi connectivity index (χ1) is 18.8. The number of aryl methyl sites for hydroxylation is 1. The van der Waals surface area contributed by atoms with Gasteiger partial charge in [0.2, 0.25) is 0 Å². The van der Waals surface area contributed by atoms with Crippen LogP contribution in [0.25, 0.3) is 17.7 Å². The predicted molar refractivity (Wildman–Crippen MR) is 142 cm³/mol. The monoisotopic (exact) mass is 528 g/mol. The summed E-state index contributed by atoms with van der Waals surface area (Å²) >= 11 is 0. The summed E-state index contributed by atoms with van der Waals surface area (Å²) in [6, 6.07) is 8.82. The van der Waals surface area contributed by atoms with Crippen molar-refractivity contribution < 1.29 is 18.4 Å². The maximum absolute atomic E-state index is 13.5. The van der Waals surface area contributed by atoms with Crippen LogP contribution in [0.5, 0.6) is 0 Å². The van der Waals surface area contributed by atoms with Crippen LogP contribution in [0, 0.1) is 18.6 Å². The van der Waals surface area contributed by atoms with Gasteiger partial charge in [-0.15, -0.1) is 0 Å². The minimum absolute atomic E-state index is 0.0723. The fraction of sp³-hybridized carbons (Fsp3) is 0.107. The molecule has 0 saturated carbocycles. The highest BCUT2D eigenvalue weighted by atomic mass is 19.2. The van der Waals surface area contributed by atoms with Gasteiger partial charge in [-0.3, -0.25) is 19.0 Å². The third-order valence-electron chi connectivity index (χ3n) is 6.15. The number of H-pyrrole nitrogens is 1. The van der Waals surface area contributed by atoms with Crippen molar-refractivity contribution in [2.24, 2.45) is 0 Å². The van der Waals surface area contributed by atoms with E-state index in [4.69, 9.17) is 0 Å². The van der Waals surface area contributed by atoms with Gasteiger partial charge in [-0.05, 0) is 42.3 Å². The molecule has 39 heavy (non-hydrogen) atoms. The molecule has 2 amide bonds. The SMILES string of the molecule is Cc1[nH]cnc1C=C1C(=O)Nc2cc(C=CCNC(=O)c3cncn(Cc4ccc(F)c(F)c4)c3=O)ccc21. The number of aromatic amines is 1. The van der Waals surface area contributed by atoms with E-state index in [1.807, 2.05) is 25.1 Å². The molecule has 0 bridgehead atoms. The fourth-order valence-electron chi connectivity index (χ4n) is 4.11. The van der Waals surface area contributed by atoms with Crippen molar-refractivity contribution in [3.05, 3.63) is 117 Å². The zero-order valence-electron chi connectivity index (χ0n) is 20.7. The second-order valence-corrected chi connectivity index (χ2v) is 8.83. The maximum atomic E-state index is 13.5. The molecular weight excluding hydrogens is 506 g/mol. The van der Waals surface area contributed by atoms with Crippen molar-refractivity contribution in [1.29, 1.82) is 0 Å². The van der Waals surface area contributed by atoms with Crippen LogP contribution >= 0.6 is 0 Å². The summed E-state index contributed by atoms with van der Waals surface area (Å²) in [6.45, 7) is 1.93. The highest BCUT2D eigenvalue weighted by Gasteiger charge is 2.24. The molecular formula is C28H22F2N6O3. The molecule has 0 radical (unpaired) electrons. The zero-order chi connectivity index (χ0) is 27.5. The quantitative estimate of drug-likeness (QED) is 0.317. The topological polar surface area (TPSA) is 122 Å². The summed E-state index contributed by atoms with van der Waals surface area (Å²) in [7, 11) is 0. The molecule has 1 aliphatic heterocycles. The van der Waals surface area contributed by atoms with Gasteiger partial charge >= 0.3 is 0 Å². The average molecular weight is 529 g/mol. The van der Waals surface area contributed by atoms with E-state index in [2.05, 4.69) is 25.6 Å². The molecule has 196 valence electrons. The number of nitrogens with one attached hydrogen (secondary N) is 3. The predicted octanol–water partition coefficient (Wildman–Crippen LogP) is 3.54. The first-order valence-electron chi connectivity index (χ1n) is 11.9. The molecule has 0 fully saturated rings.